The van der Waals surface area contributed by atoms with E-state index < -0.39 is 0 Å². The number of hydrogen-bond donors (Lipinski definition) is 1. The van der Waals surface area contributed by atoms with Crippen LogP contribution < -0.4 is 5.32 Å². The van der Waals surface area contributed by atoms with Crippen LogP contribution in [0.4, 0.5) is 0 Å². The van der Waals surface area contributed by atoms with Gasteiger partial charge >= 0.3 is 0 Å². The lowest BCUT2D eigenvalue weighted by Gasteiger charge is -2.17. The molecule has 0 bridgehead atoms. The van der Waals surface area contributed by atoms with Crippen LogP contribution in [0.15, 0.2) is 48.5 Å². The van der Waals surface area contributed by atoms with Crippen LogP contribution in [0.1, 0.15) is 62.4 Å². The average molecular weight is 378 g/mol. The largest absolute Gasteiger partial charge is 0.376 e. The summed E-state index contributed by atoms with van der Waals surface area (Å²) in [6.45, 7) is 2.83. The molecule has 0 saturated carbocycles. The highest BCUT2D eigenvalue weighted by Gasteiger charge is 2.38. The maximum atomic E-state index is 12.7. The first kappa shape index (κ1) is 18.4. The van der Waals surface area contributed by atoms with Crippen molar-refractivity contribution in [2.75, 3.05) is 13.2 Å². The van der Waals surface area contributed by atoms with Crippen molar-refractivity contribution in [1.82, 2.24) is 10.2 Å². The number of rotatable bonds is 5. The molecule has 2 aromatic rings. The zero-order valence-electron chi connectivity index (χ0n) is 15.7. The van der Waals surface area contributed by atoms with Crippen molar-refractivity contribution in [2.45, 2.75) is 31.9 Å². The summed E-state index contributed by atoms with van der Waals surface area (Å²) in [6, 6.07) is 14.1. The Kier molecular flexibility index (Phi) is 4.96. The third kappa shape index (κ3) is 3.43. The van der Waals surface area contributed by atoms with Crippen molar-refractivity contribution in [1.29, 1.82) is 0 Å². The number of hydrogen-bond acceptors (Lipinski definition) is 4. The topological polar surface area (TPSA) is 75.7 Å². The first-order valence-corrected chi connectivity index (χ1v) is 9.52. The number of imide groups is 1. The molecular formula is C22H22N2O4. The normalized spacial score (nSPS) is 19.6. The van der Waals surface area contributed by atoms with E-state index in [2.05, 4.69) is 5.32 Å². The van der Waals surface area contributed by atoms with Gasteiger partial charge in [-0.1, -0.05) is 30.3 Å². The van der Waals surface area contributed by atoms with Gasteiger partial charge in [0, 0.05) is 12.2 Å². The van der Waals surface area contributed by atoms with Crippen molar-refractivity contribution >= 4 is 17.7 Å². The maximum Gasteiger partial charge on any atom is 0.261 e. The van der Waals surface area contributed by atoms with E-state index in [0.717, 1.165) is 18.4 Å². The number of carbonyl (C=O) groups excluding carboxylic acids is 3. The molecule has 4 rings (SSSR count). The van der Waals surface area contributed by atoms with Crippen LogP contribution in [0.5, 0.6) is 0 Å². The van der Waals surface area contributed by atoms with Crippen LogP contribution in [0, 0.1) is 0 Å². The molecule has 2 atom stereocenters. The van der Waals surface area contributed by atoms with Gasteiger partial charge < -0.3 is 10.1 Å². The summed E-state index contributed by atoms with van der Waals surface area (Å²) in [5.74, 6) is -0.960. The Morgan fingerprint density at radius 3 is 2.61 bits per heavy atom. The van der Waals surface area contributed by atoms with Gasteiger partial charge in [0.15, 0.2) is 0 Å². The molecule has 0 aliphatic carbocycles. The number of benzene rings is 2. The van der Waals surface area contributed by atoms with Crippen LogP contribution in [0.25, 0.3) is 0 Å². The second-order valence-electron chi connectivity index (χ2n) is 7.22. The van der Waals surface area contributed by atoms with Crippen LogP contribution in [0.2, 0.25) is 0 Å². The quantitative estimate of drug-likeness (QED) is 0.812. The molecule has 2 aliphatic rings. The highest BCUT2D eigenvalue weighted by Crippen LogP contribution is 2.26. The Balaban J connectivity index is 1.50. The second-order valence-corrected chi connectivity index (χ2v) is 7.22. The molecule has 2 heterocycles. The molecule has 0 radical (unpaired) electrons. The molecule has 1 saturated heterocycles. The van der Waals surface area contributed by atoms with E-state index >= 15 is 0 Å². The maximum absolute atomic E-state index is 12.7. The number of nitrogens with zero attached hydrogens (tertiary/aromatic N) is 1. The van der Waals surface area contributed by atoms with Gasteiger partial charge in [0.1, 0.15) is 0 Å². The molecule has 0 aromatic heterocycles. The van der Waals surface area contributed by atoms with Crippen LogP contribution >= 0.6 is 0 Å². The van der Waals surface area contributed by atoms with E-state index in [1.54, 1.807) is 12.1 Å². The minimum atomic E-state index is -0.360. The molecule has 6 nitrogen and oxygen atoms in total. The predicted octanol–water partition coefficient (Wildman–Crippen LogP) is 2.95. The second kappa shape index (κ2) is 7.56. The molecule has 0 spiro atoms. The van der Waals surface area contributed by atoms with Crippen molar-refractivity contribution < 1.29 is 19.1 Å². The monoisotopic (exact) mass is 378 g/mol. The summed E-state index contributed by atoms with van der Waals surface area (Å²) < 4.78 is 5.55. The molecule has 1 N–H and O–H groups in total. The molecule has 6 heteroatoms. The Bertz CT molecular complexity index is 919. The SMILES string of the molecule is C[C@@H](NC(=O)c1ccc2c(c1)C(=O)N(C[C@H]1CCCO1)C2=O)c1ccccc1. The minimum absolute atomic E-state index is 0.100. The molecule has 144 valence electrons. The molecule has 0 unspecified atom stereocenters. The first-order chi connectivity index (χ1) is 13.5. The van der Waals surface area contributed by atoms with Crippen molar-refractivity contribution in [3.63, 3.8) is 0 Å². The van der Waals surface area contributed by atoms with Gasteiger partial charge in [0.2, 0.25) is 0 Å². The van der Waals surface area contributed by atoms with Gasteiger partial charge in [-0.25, -0.2) is 0 Å². The molecule has 3 amide bonds. The number of nitrogens with one attached hydrogen (secondary N) is 1. The molecule has 2 aliphatic heterocycles. The van der Waals surface area contributed by atoms with E-state index in [4.69, 9.17) is 4.74 Å². The summed E-state index contributed by atoms with van der Waals surface area (Å²) in [5.41, 5.74) is 1.98. The summed E-state index contributed by atoms with van der Waals surface area (Å²) in [7, 11) is 0. The van der Waals surface area contributed by atoms with E-state index in [-0.39, 0.29) is 42.0 Å². The first-order valence-electron chi connectivity index (χ1n) is 9.52. The highest BCUT2D eigenvalue weighted by molar-refractivity contribution is 6.22. The fraction of sp³-hybridized carbons (Fsp3) is 0.318. The Morgan fingerprint density at radius 1 is 1.14 bits per heavy atom. The summed E-state index contributed by atoms with van der Waals surface area (Å²) >= 11 is 0. The van der Waals surface area contributed by atoms with Crippen LogP contribution in [-0.4, -0.2) is 41.9 Å². The zero-order chi connectivity index (χ0) is 19.7. The number of amides is 3. The summed E-state index contributed by atoms with van der Waals surface area (Å²) in [5, 5.41) is 2.93. The fourth-order valence-electron chi connectivity index (χ4n) is 3.69. The highest BCUT2D eigenvalue weighted by atomic mass is 16.5. The third-order valence-electron chi connectivity index (χ3n) is 5.29. The Morgan fingerprint density at radius 2 is 1.89 bits per heavy atom. The van der Waals surface area contributed by atoms with Gasteiger partial charge in [0.05, 0.1) is 29.8 Å². The van der Waals surface area contributed by atoms with Crippen molar-refractivity contribution in [3.05, 3.63) is 70.8 Å². The zero-order valence-corrected chi connectivity index (χ0v) is 15.7. The van der Waals surface area contributed by atoms with E-state index in [9.17, 15) is 14.4 Å². The fourth-order valence-corrected chi connectivity index (χ4v) is 3.69. The van der Waals surface area contributed by atoms with Gasteiger partial charge in [-0.15, -0.1) is 0 Å². The van der Waals surface area contributed by atoms with E-state index in [1.807, 2.05) is 37.3 Å². The van der Waals surface area contributed by atoms with Gasteiger partial charge in [-0.3, -0.25) is 19.3 Å². The molecule has 28 heavy (non-hydrogen) atoms. The van der Waals surface area contributed by atoms with Crippen LogP contribution in [-0.2, 0) is 4.74 Å². The lowest BCUT2D eigenvalue weighted by atomic mass is 10.0. The number of carbonyl (C=O) groups is 3. The lowest BCUT2D eigenvalue weighted by molar-refractivity contribution is 0.0475. The van der Waals surface area contributed by atoms with E-state index in [0.29, 0.717) is 17.7 Å². The Labute approximate surface area is 163 Å². The smallest absolute Gasteiger partial charge is 0.261 e. The van der Waals surface area contributed by atoms with Gasteiger partial charge in [-0.2, -0.15) is 0 Å². The Hall–Kier alpha value is -2.99. The number of fused-ring (bicyclic) bond motifs is 1. The van der Waals surface area contributed by atoms with Crippen molar-refractivity contribution in [3.8, 4) is 0 Å². The van der Waals surface area contributed by atoms with E-state index in [1.165, 1.54) is 11.0 Å². The third-order valence-corrected chi connectivity index (χ3v) is 5.29. The van der Waals surface area contributed by atoms with Crippen LogP contribution in [0.3, 0.4) is 0 Å². The lowest BCUT2D eigenvalue weighted by Crippen LogP contribution is -2.36. The molecule has 1 fully saturated rings. The van der Waals surface area contributed by atoms with Gasteiger partial charge in [0.25, 0.3) is 17.7 Å². The standard InChI is InChI=1S/C22H22N2O4/c1-14(15-6-3-2-4-7-15)23-20(25)16-9-10-18-19(12-16)22(27)24(21(18)26)13-17-8-5-11-28-17/h2-4,6-7,9-10,12,14,17H,5,8,11,13H2,1H3,(H,23,25)/t14-,17-/m1/s1. The molecule has 2 aromatic carbocycles. The summed E-state index contributed by atoms with van der Waals surface area (Å²) in [6.07, 6.45) is 1.69. The van der Waals surface area contributed by atoms with Crippen molar-refractivity contribution in [2.24, 2.45) is 0 Å². The minimum Gasteiger partial charge on any atom is -0.376 e. The molecular weight excluding hydrogens is 356 g/mol. The predicted molar refractivity (Wildman–Crippen MR) is 103 cm³/mol. The van der Waals surface area contributed by atoms with Gasteiger partial charge in [-0.05, 0) is 43.5 Å². The average Bonchev–Trinajstić information content (AvgIpc) is 3.31. The number of ether oxygens (including phenoxy) is 1. The summed E-state index contributed by atoms with van der Waals surface area (Å²) in [4.78, 5) is 39.2.